The van der Waals surface area contributed by atoms with Crippen molar-refractivity contribution in [2.24, 2.45) is 11.8 Å². The third kappa shape index (κ3) is 3.52. The van der Waals surface area contributed by atoms with Crippen molar-refractivity contribution < 1.29 is 39.4 Å². The van der Waals surface area contributed by atoms with Crippen molar-refractivity contribution in [2.75, 3.05) is 13.2 Å². The number of nitrogens with zero attached hydrogens (tertiary/aromatic N) is 2. The number of hydrogen-bond donors (Lipinski definition) is 4. The summed E-state index contributed by atoms with van der Waals surface area (Å²) in [6.07, 6.45) is -4.27. The van der Waals surface area contributed by atoms with Crippen LogP contribution in [0, 0.1) is 11.8 Å². The lowest BCUT2D eigenvalue weighted by Gasteiger charge is -2.48. The van der Waals surface area contributed by atoms with Crippen LogP contribution < -0.4 is 0 Å². The van der Waals surface area contributed by atoms with Gasteiger partial charge in [-0.2, -0.15) is 0 Å². The van der Waals surface area contributed by atoms with E-state index in [0.29, 0.717) is 18.5 Å². The molecule has 5 heterocycles. The molecule has 36 heavy (non-hydrogen) atoms. The average Bonchev–Trinajstić information content (AvgIpc) is 3.28. The second-order valence-electron chi connectivity index (χ2n) is 9.86. The Hall–Kier alpha value is -2.73. The second kappa shape index (κ2) is 8.98. The van der Waals surface area contributed by atoms with Gasteiger partial charge in [-0.15, -0.1) is 6.58 Å². The number of rotatable bonds is 4. The van der Waals surface area contributed by atoms with Crippen LogP contribution in [0.3, 0.4) is 0 Å². The SMILES string of the molecule is C=C[C@H]1[C@H](O[C@@H]2O[C@H](CO)[C@@H](O)[C@H](O)[C@H]2O)OC=C2C(=O)N3CCn4c(cc5ccccc54)[C@@H]3C[C@H]21. The molecule has 0 saturated carbocycles. The summed E-state index contributed by atoms with van der Waals surface area (Å²) >= 11 is 0. The van der Waals surface area contributed by atoms with Crippen molar-refractivity contribution in [3.8, 4) is 0 Å². The van der Waals surface area contributed by atoms with Gasteiger partial charge in [0.2, 0.25) is 6.29 Å². The number of amides is 1. The molecule has 4 aliphatic rings. The number of para-hydroxylation sites is 1. The van der Waals surface area contributed by atoms with Gasteiger partial charge in [0.05, 0.1) is 24.5 Å². The quantitative estimate of drug-likeness (QED) is 0.446. The number of carbonyl (C=O) groups excluding carboxylic acids is 1. The molecular formula is C26H30N2O8. The van der Waals surface area contributed by atoms with E-state index in [-0.39, 0.29) is 17.9 Å². The van der Waals surface area contributed by atoms with Crippen LogP contribution in [-0.2, 0) is 25.5 Å². The number of carbonyl (C=O) groups is 1. The molecule has 9 atom stereocenters. The lowest BCUT2D eigenvalue weighted by Crippen LogP contribution is -2.60. The molecule has 6 rings (SSSR count). The van der Waals surface area contributed by atoms with Crippen molar-refractivity contribution >= 4 is 16.8 Å². The number of aliphatic hydroxyl groups is 4. The minimum absolute atomic E-state index is 0.0779. The molecule has 1 amide bonds. The first kappa shape index (κ1) is 23.7. The smallest absolute Gasteiger partial charge is 0.253 e. The van der Waals surface area contributed by atoms with Gasteiger partial charge in [-0.25, -0.2) is 0 Å². The summed E-state index contributed by atoms with van der Waals surface area (Å²) in [4.78, 5) is 15.4. The van der Waals surface area contributed by atoms with Gasteiger partial charge >= 0.3 is 0 Å². The van der Waals surface area contributed by atoms with Gasteiger partial charge in [0.15, 0.2) is 6.29 Å². The third-order valence-electron chi connectivity index (χ3n) is 8.01. The zero-order valence-corrected chi connectivity index (χ0v) is 19.6. The van der Waals surface area contributed by atoms with Gasteiger partial charge in [-0.1, -0.05) is 24.3 Å². The summed E-state index contributed by atoms with van der Waals surface area (Å²) < 4.78 is 19.5. The molecule has 192 valence electrons. The van der Waals surface area contributed by atoms with Crippen molar-refractivity contribution in [3.63, 3.8) is 0 Å². The molecule has 2 saturated heterocycles. The average molecular weight is 499 g/mol. The maximum Gasteiger partial charge on any atom is 0.253 e. The van der Waals surface area contributed by atoms with E-state index >= 15 is 0 Å². The largest absolute Gasteiger partial charge is 0.471 e. The van der Waals surface area contributed by atoms with Gasteiger partial charge in [-0.05, 0) is 23.9 Å². The van der Waals surface area contributed by atoms with Crippen molar-refractivity contribution in [2.45, 2.75) is 56.0 Å². The first-order valence-corrected chi connectivity index (χ1v) is 12.3. The molecule has 0 unspecified atom stereocenters. The standard InChI is InChI=1S/C26H30N2O8/c1-2-14-15-10-19-18-9-13-5-3-4-6-17(13)27(18)7-8-28(19)24(33)16(15)12-34-25(14)36-26-23(32)22(31)21(30)20(11-29)35-26/h2-6,9,12,14-15,19-23,25-26,29-32H,1,7-8,10-11H2/t14-,15+,19+,20-,21-,22+,23-,25+,26+/m1/s1. The second-order valence-corrected chi connectivity index (χ2v) is 9.86. The lowest BCUT2D eigenvalue weighted by molar-refractivity contribution is -0.339. The zero-order valence-electron chi connectivity index (χ0n) is 19.6. The topological polar surface area (TPSA) is 134 Å². The Labute approximate surface area is 207 Å². The molecule has 4 N–H and O–H groups in total. The van der Waals surface area contributed by atoms with E-state index in [1.165, 1.54) is 6.26 Å². The van der Waals surface area contributed by atoms with Crippen molar-refractivity contribution in [1.29, 1.82) is 0 Å². The number of aromatic nitrogens is 1. The summed E-state index contributed by atoms with van der Waals surface area (Å²) in [6, 6.07) is 10.2. The zero-order chi connectivity index (χ0) is 25.1. The van der Waals surface area contributed by atoms with E-state index in [1.54, 1.807) is 6.08 Å². The number of benzene rings is 1. The van der Waals surface area contributed by atoms with Crippen LogP contribution in [0.4, 0.5) is 0 Å². The molecule has 2 fully saturated rings. The van der Waals surface area contributed by atoms with E-state index in [1.807, 2.05) is 17.0 Å². The minimum atomic E-state index is -1.56. The summed E-state index contributed by atoms with van der Waals surface area (Å²) in [5, 5.41) is 41.2. The number of hydrogen-bond acceptors (Lipinski definition) is 8. The maximum absolute atomic E-state index is 13.5. The fraction of sp³-hybridized carbons (Fsp3) is 0.500. The molecule has 10 nitrogen and oxygen atoms in total. The first-order chi connectivity index (χ1) is 17.4. The summed E-state index contributed by atoms with van der Waals surface area (Å²) in [7, 11) is 0. The van der Waals surface area contributed by atoms with Gasteiger partial charge in [0.25, 0.3) is 5.91 Å². The third-order valence-corrected chi connectivity index (χ3v) is 8.01. The van der Waals surface area contributed by atoms with Crippen LogP contribution in [-0.4, -0.2) is 85.9 Å². The molecule has 1 aromatic carbocycles. The highest BCUT2D eigenvalue weighted by atomic mass is 16.8. The molecule has 0 aliphatic carbocycles. The van der Waals surface area contributed by atoms with Crippen LogP contribution in [0.2, 0.25) is 0 Å². The number of fused-ring (bicyclic) bond motifs is 6. The van der Waals surface area contributed by atoms with E-state index in [0.717, 1.165) is 23.1 Å². The number of aliphatic hydroxyl groups excluding tert-OH is 4. The number of piperidine rings is 1. The van der Waals surface area contributed by atoms with Gasteiger partial charge in [0, 0.05) is 36.1 Å². The summed E-state index contributed by atoms with van der Waals surface area (Å²) in [6.45, 7) is 4.71. The molecule has 0 radical (unpaired) electrons. The molecule has 4 aliphatic heterocycles. The van der Waals surface area contributed by atoms with Gasteiger partial charge < -0.3 is 44.1 Å². The Balaban J connectivity index is 1.28. The highest BCUT2D eigenvalue weighted by Crippen LogP contribution is 2.47. The fourth-order valence-electron chi connectivity index (χ4n) is 6.10. The molecule has 2 aromatic rings. The van der Waals surface area contributed by atoms with E-state index in [4.69, 9.17) is 14.2 Å². The Morgan fingerprint density at radius 1 is 1.11 bits per heavy atom. The van der Waals surface area contributed by atoms with Crippen LogP contribution >= 0.6 is 0 Å². The summed E-state index contributed by atoms with van der Waals surface area (Å²) in [5.41, 5.74) is 2.79. The predicted molar refractivity (Wildman–Crippen MR) is 126 cm³/mol. The maximum atomic E-state index is 13.5. The van der Waals surface area contributed by atoms with E-state index in [9.17, 15) is 25.2 Å². The molecule has 1 aromatic heterocycles. The van der Waals surface area contributed by atoms with E-state index in [2.05, 4.69) is 29.3 Å². The van der Waals surface area contributed by atoms with Crippen LogP contribution in [0.1, 0.15) is 18.2 Å². The lowest BCUT2D eigenvalue weighted by atomic mass is 9.75. The fourth-order valence-corrected chi connectivity index (χ4v) is 6.10. The Kier molecular flexibility index (Phi) is 5.90. The summed E-state index contributed by atoms with van der Waals surface area (Å²) in [5.74, 6) is -0.765. The Morgan fingerprint density at radius 2 is 1.92 bits per heavy atom. The molecule has 10 heteroatoms. The first-order valence-electron chi connectivity index (χ1n) is 12.3. The van der Waals surface area contributed by atoms with Crippen LogP contribution in [0.15, 0.2) is 54.8 Å². The van der Waals surface area contributed by atoms with Gasteiger partial charge in [0.1, 0.15) is 24.4 Å². The Bertz CT molecular complexity index is 1210. The monoisotopic (exact) mass is 498 g/mol. The van der Waals surface area contributed by atoms with Crippen LogP contribution in [0.5, 0.6) is 0 Å². The van der Waals surface area contributed by atoms with Gasteiger partial charge in [-0.3, -0.25) is 4.79 Å². The number of ether oxygens (including phenoxy) is 3. The minimum Gasteiger partial charge on any atom is -0.471 e. The van der Waals surface area contributed by atoms with Crippen molar-refractivity contribution in [3.05, 3.63) is 60.5 Å². The highest BCUT2D eigenvalue weighted by molar-refractivity contribution is 5.95. The van der Waals surface area contributed by atoms with Crippen molar-refractivity contribution in [1.82, 2.24) is 9.47 Å². The van der Waals surface area contributed by atoms with E-state index < -0.39 is 49.5 Å². The molecule has 0 spiro atoms. The predicted octanol–water partition coefficient (Wildman–Crippen LogP) is 0.403. The molecule has 0 bridgehead atoms. The van der Waals surface area contributed by atoms with Crippen LogP contribution in [0.25, 0.3) is 10.9 Å². The highest BCUT2D eigenvalue weighted by Gasteiger charge is 2.50. The Morgan fingerprint density at radius 3 is 2.69 bits per heavy atom. The normalized spacial score (nSPS) is 38.0. The molecular weight excluding hydrogens is 468 g/mol.